The Morgan fingerprint density at radius 3 is 2.67 bits per heavy atom. The van der Waals surface area contributed by atoms with Crippen molar-refractivity contribution in [2.75, 3.05) is 13.3 Å². The molecule has 1 aliphatic rings. The molecule has 3 nitrogen and oxygen atoms in total. The molecule has 0 radical (unpaired) electrons. The van der Waals surface area contributed by atoms with E-state index >= 15 is 0 Å². The van der Waals surface area contributed by atoms with Gasteiger partial charge in [0.05, 0.1) is 10.9 Å². The average molecular weight is 265 g/mol. The molecule has 18 heavy (non-hydrogen) atoms. The Kier molecular flexibility index (Phi) is 3.88. The minimum absolute atomic E-state index is 0.134. The molecule has 0 spiro atoms. The van der Waals surface area contributed by atoms with Crippen LogP contribution in [-0.2, 0) is 9.84 Å². The van der Waals surface area contributed by atoms with Gasteiger partial charge in [-0.3, -0.25) is 0 Å². The minimum atomic E-state index is -3.14. The second-order valence-electron chi connectivity index (χ2n) is 4.74. The lowest BCUT2D eigenvalue weighted by Gasteiger charge is -2.19. The zero-order valence-electron chi connectivity index (χ0n) is 10.8. The molecule has 1 aromatic carbocycles. The molecule has 1 atom stereocenters. The van der Waals surface area contributed by atoms with Gasteiger partial charge in [0, 0.05) is 6.26 Å². The summed E-state index contributed by atoms with van der Waals surface area (Å²) in [4.78, 5) is 0.388. The van der Waals surface area contributed by atoms with Crippen LogP contribution in [0.15, 0.2) is 40.8 Å². The zero-order chi connectivity index (χ0) is 13.2. The summed E-state index contributed by atoms with van der Waals surface area (Å²) in [6.45, 7) is 0. The lowest BCUT2D eigenvalue weighted by atomic mass is 9.98. The van der Waals surface area contributed by atoms with Gasteiger partial charge in [0.25, 0.3) is 0 Å². The average Bonchev–Trinajstić information content (AvgIpc) is 2.83. The smallest absolute Gasteiger partial charge is 0.175 e. The number of sulfone groups is 1. The number of hydrogen-bond acceptors (Lipinski definition) is 3. The van der Waals surface area contributed by atoms with Crippen molar-refractivity contribution >= 4 is 9.84 Å². The van der Waals surface area contributed by atoms with Crippen molar-refractivity contribution in [2.24, 2.45) is 0 Å². The first-order chi connectivity index (χ1) is 8.52. The summed E-state index contributed by atoms with van der Waals surface area (Å²) in [5.41, 5.74) is 2.39. The van der Waals surface area contributed by atoms with E-state index in [9.17, 15) is 8.42 Å². The molecule has 0 fully saturated rings. The van der Waals surface area contributed by atoms with Gasteiger partial charge < -0.3 is 5.32 Å². The lowest BCUT2D eigenvalue weighted by molar-refractivity contribution is 0.601. The molecule has 0 saturated carbocycles. The van der Waals surface area contributed by atoms with Crippen molar-refractivity contribution < 1.29 is 8.42 Å². The predicted octanol–water partition coefficient (Wildman–Crippen LogP) is 2.46. The van der Waals surface area contributed by atoms with Gasteiger partial charge >= 0.3 is 0 Å². The fourth-order valence-electron chi connectivity index (χ4n) is 2.45. The third-order valence-electron chi connectivity index (χ3n) is 3.36. The van der Waals surface area contributed by atoms with Crippen molar-refractivity contribution in [1.82, 2.24) is 5.32 Å². The first-order valence-electron chi connectivity index (χ1n) is 6.18. The van der Waals surface area contributed by atoms with Gasteiger partial charge in [-0.2, -0.15) is 0 Å². The van der Waals surface area contributed by atoms with Crippen LogP contribution in [0.5, 0.6) is 0 Å². The summed E-state index contributed by atoms with van der Waals surface area (Å²) in [6.07, 6.45) is 6.91. The van der Waals surface area contributed by atoms with Crippen molar-refractivity contribution in [1.29, 1.82) is 0 Å². The van der Waals surface area contributed by atoms with Crippen LogP contribution in [0.25, 0.3) is 0 Å². The maximum Gasteiger partial charge on any atom is 0.175 e. The largest absolute Gasteiger partial charge is 0.310 e. The number of likely N-dealkylation sites (N-methyl/N-ethyl adjacent to an activating group) is 1. The van der Waals surface area contributed by atoms with E-state index in [2.05, 4.69) is 11.4 Å². The second-order valence-corrected chi connectivity index (χ2v) is 6.75. The standard InChI is InChI=1S/C14H19NO2S/c1-15-14(11-6-3-4-7-11)12-8-5-9-13(10-12)18(2,16)17/h5-6,8-10,14-15H,3-4,7H2,1-2H3. The molecular formula is C14H19NO2S. The summed E-state index contributed by atoms with van der Waals surface area (Å²) in [5.74, 6) is 0. The number of hydrogen-bond donors (Lipinski definition) is 1. The van der Waals surface area contributed by atoms with Gasteiger partial charge in [0.1, 0.15) is 0 Å². The molecule has 0 bridgehead atoms. The molecule has 4 heteroatoms. The normalized spacial score (nSPS) is 17.6. The van der Waals surface area contributed by atoms with E-state index in [1.807, 2.05) is 19.2 Å². The van der Waals surface area contributed by atoms with Gasteiger partial charge in [0.15, 0.2) is 9.84 Å². The Balaban J connectivity index is 2.37. The van der Waals surface area contributed by atoms with Crippen molar-refractivity contribution in [2.45, 2.75) is 30.2 Å². The fourth-order valence-corrected chi connectivity index (χ4v) is 3.12. The van der Waals surface area contributed by atoms with Crippen LogP contribution in [0.3, 0.4) is 0 Å². The van der Waals surface area contributed by atoms with Gasteiger partial charge in [-0.05, 0) is 44.0 Å². The third-order valence-corrected chi connectivity index (χ3v) is 4.47. The van der Waals surface area contributed by atoms with Crippen LogP contribution in [0.2, 0.25) is 0 Å². The van der Waals surface area contributed by atoms with E-state index in [-0.39, 0.29) is 6.04 Å². The first kappa shape index (κ1) is 13.3. The predicted molar refractivity (Wildman–Crippen MR) is 73.3 cm³/mol. The Morgan fingerprint density at radius 2 is 2.11 bits per heavy atom. The molecule has 0 aromatic heterocycles. The lowest BCUT2D eigenvalue weighted by Crippen LogP contribution is -2.18. The number of benzene rings is 1. The summed E-state index contributed by atoms with van der Waals surface area (Å²) < 4.78 is 23.2. The van der Waals surface area contributed by atoms with Crippen LogP contribution in [0.4, 0.5) is 0 Å². The van der Waals surface area contributed by atoms with Crippen LogP contribution in [0, 0.1) is 0 Å². The quantitative estimate of drug-likeness (QED) is 0.851. The van der Waals surface area contributed by atoms with E-state index in [4.69, 9.17) is 0 Å². The molecule has 1 aliphatic carbocycles. The van der Waals surface area contributed by atoms with Crippen molar-refractivity contribution in [3.05, 3.63) is 41.5 Å². The van der Waals surface area contributed by atoms with E-state index < -0.39 is 9.84 Å². The monoisotopic (exact) mass is 265 g/mol. The summed E-state index contributed by atoms with van der Waals surface area (Å²) in [5, 5.41) is 3.28. The number of nitrogens with one attached hydrogen (secondary N) is 1. The molecular weight excluding hydrogens is 246 g/mol. The topological polar surface area (TPSA) is 46.2 Å². The Morgan fingerprint density at radius 1 is 1.33 bits per heavy atom. The Labute approximate surface area is 109 Å². The highest BCUT2D eigenvalue weighted by Crippen LogP contribution is 2.31. The van der Waals surface area contributed by atoms with Crippen LogP contribution < -0.4 is 5.32 Å². The molecule has 1 aromatic rings. The maximum atomic E-state index is 11.6. The van der Waals surface area contributed by atoms with E-state index in [0.29, 0.717) is 4.90 Å². The highest BCUT2D eigenvalue weighted by Gasteiger charge is 2.18. The molecule has 0 aliphatic heterocycles. The molecule has 0 saturated heterocycles. The molecule has 1 N–H and O–H groups in total. The van der Waals surface area contributed by atoms with Gasteiger partial charge in [-0.1, -0.05) is 23.8 Å². The Hall–Kier alpha value is -1.13. The molecule has 1 unspecified atom stereocenters. The SMILES string of the molecule is CNC(C1=CCCC1)c1cccc(S(C)(=O)=O)c1. The van der Waals surface area contributed by atoms with E-state index in [0.717, 1.165) is 18.4 Å². The van der Waals surface area contributed by atoms with Crippen molar-refractivity contribution in [3.63, 3.8) is 0 Å². The molecule has 2 rings (SSSR count). The van der Waals surface area contributed by atoms with Gasteiger partial charge in [-0.15, -0.1) is 0 Å². The molecule has 0 heterocycles. The second kappa shape index (κ2) is 5.24. The fraction of sp³-hybridized carbons (Fsp3) is 0.429. The van der Waals surface area contributed by atoms with Crippen LogP contribution in [-0.4, -0.2) is 21.7 Å². The first-order valence-corrected chi connectivity index (χ1v) is 8.07. The summed E-state index contributed by atoms with van der Waals surface area (Å²) >= 11 is 0. The molecule has 0 amide bonds. The van der Waals surface area contributed by atoms with E-state index in [1.54, 1.807) is 12.1 Å². The Bertz CT molecular complexity index is 561. The molecule has 98 valence electrons. The number of allylic oxidation sites excluding steroid dienone is 1. The highest BCUT2D eigenvalue weighted by atomic mass is 32.2. The van der Waals surface area contributed by atoms with Crippen LogP contribution >= 0.6 is 0 Å². The van der Waals surface area contributed by atoms with Gasteiger partial charge in [-0.25, -0.2) is 8.42 Å². The van der Waals surface area contributed by atoms with E-state index in [1.165, 1.54) is 18.2 Å². The maximum absolute atomic E-state index is 11.6. The highest BCUT2D eigenvalue weighted by molar-refractivity contribution is 7.90. The van der Waals surface area contributed by atoms with Crippen LogP contribution in [0.1, 0.15) is 30.9 Å². The number of rotatable bonds is 4. The van der Waals surface area contributed by atoms with Gasteiger partial charge in [0.2, 0.25) is 0 Å². The zero-order valence-corrected chi connectivity index (χ0v) is 11.6. The summed E-state index contributed by atoms with van der Waals surface area (Å²) in [7, 11) is -1.22. The minimum Gasteiger partial charge on any atom is -0.310 e. The summed E-state index contributed by atoms with van der Waals surface area (Å²) in [6, 6.07) is 7.35. The van der Waals surface area contributed by atoms with Crippen molar-refractivity contribution in [3.8, 4) is 0 Å². The third kappa shape index (κ3) is 2.82.